The number of hydrogen-bond donors (Lipinski definition) is 1. The molecule has 35 heavy (non-hydrogen) atoms. The molecule has 0 atom stereocenters. The van der Waals surface area contributed by atoms with Gasteiger partial charge in [-0.15, -0.1) is 11.3 Å². The monoisotopic (exact) mass is 484 g/mol. The van der Waals surface area contributed by atoms with Crippen LogP contribution >= 0.6 is 11.3 Å². The molecule has 1 aliphatic rings. The Hall–Kier alpha value is -3.51. The van der Waals surface area contributed by atoms with Crippen LogP contribution in [-0.4, -0.2) is 23.5 Å². The highest BCUT2D eigenvalue weighted by Crippen LogP contribution is 2.39. The molecule has 4 aromatic rings. The maximum atomic E-state index is 13.7. The molecule has 2 heterocycles. The quantitative estimate of drug-likeness (QED) is 0.300. The van der Waals surface area contributed by atoms with E-state index in [9.17, 15) is 9.59 Å². The van der Waals surface area contributed by atoms with Crippen molar-refractivity contribution in [1.82, 2.24) is 4.98 Å². The van der Waals surface area contributed by atoms with Crippen LogP contribution < -0.4 is 5.32 Å². The fraction of sp³-hybridized carbons (Fsp3) is 0.276. The second-order valence-corrected chi connectivity index (χ2v) is 10.0. The first-order valence-electron chi connectivity index (χ1n) is 12.1. The van der Waals surface area contributed by atoms with Crippen LogP contribution in [0.1, 0.15) is 62.9 Å². The molecule has 0 saturated carbocycles. The van der Waals surface area contributed by atoms with E-state index in [-0.39, 0.29) is 11.9 Å². The van der Waals surface area contributed by atoms with Crippen molar-refractivity contribution in [3.05, 3.63) is 81.7 Å². The van der Waals surface area contributed by atoms with Gasteiger partial charge in [0.1, 0.15) is 5.00 Å². The molecule has 0 unspecified atom stereocenters. The van der Waals surface area contributed by atoms with Crippen molar-refractivity contribution in [3.8, 4) is 11.3 Å². The second-order valence-electron chi connectivity index (χ2n) is 8.94. The van der Waals surface area contributed by atoms with Gasteiger partial charge >= 0.3 is 5.97 Å². The highest BCUT2D eigenvalue weighted by atomic mass is 32.1. The number of para-hydroxylation sites is 1. The molecule has 0 spiro atoms. The van der Waals surface area contributed by atoms with Crippen molar-refractivity contribution in [2.45, 2.75) is 46.0 Å². The Kier molecular flexibility index (Phi) is 6.64. The zero-order chi connectivity index (χ0) is 24.4. The Balaban J connectivity index is 1.56. The second kappa shape index (κ2) is 10.0. The van der Waals surface area contributed by atoms with Crippen molar-refractivity contribution in [1.29, 1.82) is 0 Å². The third kappa shape index (κ3) is 4.71. The van der Waals surface area contributed by atoms with Crippen molar-refractivity contribution in [2.24, 2.45) is 0 Å². The molecule has 0 saturated heterocycles. The number of hydrogen-bond acceptors (Lipinski definition) is 5. The van der Waals surface area contributed by atoms with Crippen LogP contribution in [-0.2, 0) is 17.6 Å². The number of pyridine rings is 1. The lowest BCUT2D eigenvalue weighted by atomic mass is 9.95. The molecule has 0 aliphatic heterocycles. The number of esters is 1. The van der Waals surface area contributed by atoms with E-state index in [0.717, 1.165) is 65.4 Å². The number of fused-ring (bicyclic) bond motifs is 2. The Bertz CT molecular complexity index is 1410. The van der Waals surface area contributed by atoms with Crippen LogP contribution in [0, 0.1) is 6.92 Å². The molecule has 1 aliphatic carbocycles. The molecule has 5 nitrogen and oxygen atoms in total. The van der Waals surface area contributed by atoms with E-state index in [1.807, 2.05) is 68.4 Å². The lowest BCUT2D eigenvalue weighted by molar-refractivity contribution is 0.0505. The number of anilines is 1. The van der Waals surface area contributed by atoms with Gasteiger partial charge in [0, 0.05) is 15.8 Å². The van der Waals surface area contributed by atoms with Crippen LogP contribution in [0.2, 0.25) is 0 Å². The Morgan fingerprint density at radius 1 is 1.06 bits per heavy atom. The predicted octanol–water partition coefficient (Wildman–Crippen LogP) is 6.97. The minimum Gasteiger partial charge on any atom is -0.462 e. The van der Waals surface area contributed by atoms with Gasteiger partial charge in [0.2, 0.25) is 0 Å². The van der Waals surface area contributed by atoms with Crippen molar-refractivity contribution in [3.63, 3.8) is 0 Å². The number of rotatable bonds is 6. The normalized spacial score (nSPS) is 12.9. The van der Waals surface area contributed by atoms with Crippen molar-refractivity contribution >= 4 is 39.1 Å². The minimum absolute atomic E-state index is 0.250. The van der Waals surface area contributed by atoms with Gasteiger partial charge in [0.05, 0.1) is 28.9 Å². The number of carbonyl (C=O) groups is 2. The summed E-state index contributed by atoms with van der Waals surface area (Å²) in [5.74, 6) is -0.596. The smallest absolute Gasteiger partial charge is 0.341 e. The van der Waals surface area contributed by atoms with E-state index < -0.39 is 0 Å². The summed E-state index contributed by atoms with van der Waals surface area (Å²) in [5, 5.41) is 4.43. The molecule has 178 valence electrons. The van der Waals surface area contributed by atoms with Crippen LogP contribution in [0.4, 0.5) is 5.00 Å². The molecule has 5 rings (SSSR count). The first-order chi connectivity index (χ1) is 17.0. The number of aryl methyl sites for hydroxylation is 2. The average molecular weight is 485 g/mol. The Morgan fingerprint density at radius 2 is 1.83 bits per heavy atom. The van der Waals surface area contributed by atoms with Gasteiger partial charge in [0.25, 0.3) is 5.91 Å². The molecule has 6 heteroatoms. The number of nitrogens with one attached hydrogen (secondary N) is 1. The Morgan fingerprint density at radius 3 is 2.63 bits per heavy atom. The van der Waals surface area contributed by atoms with E-state index in [2.05, 4.69) is 5.32 Å². The number of carbonyl (C=O) groups excluding carboxylic acids is 2. The van der Waals surface area contributed by atoms with E-state index in [4.69, 9.17) is 9.72 Å². The van der Waals surface area contributed by atoms with Crippen LogP contribution in [0.5, 0.6) is 0 Å². The number of benzene rings is 2. The summed E-state index contributed by atoms with van der Waals surface area (Å²) in [4.78, 5) is 32.6. The number of nitrogens with zero attached hydrogens (tertiary/aromatic N) is 1. The summed E-state index contributed by atoms with van der Waals surface area (Å²) < 4.78 is 5.49. The highest BCUT2D eigenvalue weighted by molar-refractivity contribution is 7.17. The fourth-order valence-electron chi connectivity index (χ4n) is 4.54. The largest absolute Gasteiger partial charge is 0.462 e. The topological polar surface area (TPSA) is 68.3 Å². The van der Waals surface area contributed by atoms with Gasteiger partial charge in [-0.05, 0) is 56.7 Å². The first-order valence-corrected chi connectivity index (χ1v) is 13.0. The molecule has 2 aromatic heterocycles. The van der Waals surface area contributed by atoms with Crippen molar-refractivity contribution < 1.29 is 14.3 Å². The molecule has 2 aromatic carbocycles. The molecule has 1 amide bonds. The predicted molar refractivity (Wildman–Crippen MR) is 141 cm³/mol. The van der Waals surface area contributed by atoms with E-state index in [1.165, 1.54) is 16.2 Å². The molecule has 0 bridgehead atoms. The van der Waals surface area contributed by atoms with Gasteiger partial charge in [-0.2, -0.15) is 0 Å². The molecular formula is C29H28N2O3S. The Labute approximate surface area is 209 Å². The van der Waals surface area contributed by atoms with Crippen LogP contribution in [0.15, 0.2) is 54.6 Å². The third-order valence-corrected chi connectivity index (χ3v) is 7.56. The van der Waals surface area contributed by atoms with Gasteiger partial charge in [0.15, 0.2) is 0 Å². The lowest BCUT2D eigenvalue weighted by Gasteiger charge is -2.13. The minimum atomic E-state index is -0.346. The number of aromatic nitrogens is 1. The number of thiophene rings is 1. The first kappa shape index (κ1) is 23.2. The van der Waals surface area contributed by atoms with Gasteiger partial charge in [-0.3, -0.25) is 4.79 Å². The standard InChI is InChI=1S/C29H28N2O3S/c1-3-16-34-29(33)26-21-9-5-7-11-25(21)35-28(26)31-27(32)22-17-24(19-14-12-18(2)13-15-19)30-23-10-6-4-8-20(22)23/h4,6,8,10,12-15,17H,3,5,7,9,11,16H2,1-2H3,(H,31,32). The molecule has 0 fully saturated rings. The maximum absolute atomic E-state index is 13.7. The average Bonchev–Trinajstić information content (AvgIpc) is 3.24. The summed E-state index contributed by atoms with van der Waals surface area (Å²) in [7, 11) is 0. The summed E-state index contributed by atoms with van der Waals surface area (Å²) in [5.41, 5.74) is 5.71. The van der Waals surface area contributed by atoms with Crippen LogP contribution in [0.3, 0.4) is 0 Å². The van der Waals surface area contributed by atoms with Gasteiger partial charge in [-0.25, -0.2) is 9.78 Å². The zero-order valence-electron chi connectivity index (χ0n) is 20.0. The summed E-state index contributed by atoms with van der Waals surface area (Å²) in [6.07, 6.45) is 4.66. The summed E-state index contributed by atoms with van der Waals surface area (Å²) >= 11 is 1.51. The van der Waals surface area contributed by atoms with E-state index >= 15 is 0 Å². The SMILES string of the molecule is CCCOC(=O)c1c(NC(=O)c2cc(-c3ccc(C)cc3)nc3ccccc23)sc2c1CCCC2. The van der Waals surface area contributed by atoms with Gasteiger partial charge in [-0.1, -0.05) is 55.0 Å². The lowest BCUT2D eigenvalue weighted by Crippen LogP contribution is -2.16. The third-order valence-electron chi connectivity index (χ3n) is 6.35. The van der Waals surface area contributed by atoms with E-state index in [1.54, 1.807) is 0 Å². The number of amides is 1. The molecule has 0 radical (unpaired) electrons. The maximum Gasteiger partial charge on any atom is 0.341 e. The molecule has 1 N–H and O–H groups in total. The summed E-state index contributed by atoms with van der Waals surface area (Å²) in [6.45, 7) is 4.38. The van der Waals surface area contributed by atoms with Crippen LogP contribution in [0.25, 0.3) is 22.2 Å². The molecular weight excluding hydrogens is 456 g/mol. The fourth-order valence-corrected chi connectivity index (χ4v) is 5.82. The van der Waals surface area contributed by atoms with Gasteiger partial charge < -0.3 is 10.1 Å². The summed E-state index contributed by atoms with van der Waals surface area (Å²) in [6, 6.07) is 17.6. The highest BCUT2D eigenvalue weighted by Gasteiger charge is 2.28. The van der Waals surface area contributed by atoms with Crippen molar-refractivity contribution in [2.75, 3.05) is 11.9 Å². The zero-order valence-corrected chi connectivity index (χ0v) is 20.8. The number of ether oxygens (including phenoxy) is 1. The van der Waals surface area contributed by atoms with E-state index in [0.29, 0.717) is 22.7 Å².